The van der Waals surface area contributed by atoms with Crippen LogP contribution in [0.4, 0.5) is 0 Å². The Balaban J connectivity index is 1.59. The van der Waals surface area contributed by atoms with Gasteiger partial charge in [-0.05, 0) is 30.5 Å². The van der Waals surface area contributed by atoms with Crippen LogP contribution in [0.1, 0.15) is 29.2 Å². The molecule has 0 aliphatic carbocycles. The summed E-state index contributed by atoms with van der Waals surface area (Å²) >= 11 is 0. The molecule has 5 atom stereocenters. The van der Waals surface area contributed by atoms with Gasteiger partial charge in [0.1, 0.15) is 12.2 Å². The molecule has 3 rings (SSSR count). The SMILES string of the molecule is CO[C@@H]1[C@@H](OC)[C@H](C)O[C@@H](O/N=C/c2ccc(/C=C/c3ccc(C)cc3)cc2)[C@@H]1OC. The summed E-state index contributed by atoms with van der Waals surface area (Å²) in [6.07, 6.45) is 3.89. The van der Waals surface area contributed by atoms with Crippen LogP contribution in [-0.2, 0) is 23.8 Å². The molecule has 0 amide bonds. The molecule has 31 heavy (non-hydrogen) atoms. The molecule has 1 saturated heterocycles. The number of aryl methyl sites for hydroxylation is 1. The lowest BCUT2D eigenvalue weighted by Gasteiger charge is -2.42. The zero-order chi connectivity index (χ0) is 22.2. The van der Waals surface area contributed by atoms with Gasteiger partial charge in [0.15, 0.2) is 6.10 Å². The first-order valence-electron chi connectivity index (χ1n) is 10.3. The Bertz CT molecular complexity index is 862. The van der Waals surface area contributed by atoms with E-state index in [0.717, 1.165) is 11.1 Å². The average molecular weight is 426 g/mol. The molecule has 1 heterocycles. The van der Waals surface area contributed by atoms with Gasteiger partial charge in [-0.1, -0.05) is 71.4 Å². The van der Waals surface area contributed by atoms with Gasteiger partial charge >= 0.3 is 0 Å². The second-order valence-corrected chi connectivity index (χ2v) is 7.56. The maximum atomic E-state index is 5.89. The first kappa shape index (κ1) is 23.2. The van der Waals surface area contributed by atoms with E-state index in [1.807, 2.05) is 31.2 Å². The lowest BCUT2D eigenvalue weighted by molar-refractivity contribution is -0.305. The van der Waals surface area contributed by atoms with Crippen LogP contribution in [0.15, 0.2) is 53.7 Å². The summed E-state index contributed by atoms with van der Waals surface area (Å²) in [5, 5.41) is 4.10. The average Bonchev–Trinajstić information content (AvgIpc) is 2.79. The van der Waals surface area contributed by atoms with E-state index in [-0.39, 0.29) is 18.3 Å². The van der Waals surface area contributed by atoms with Gasteiger partial charge in [-0.15, -0.1) is 0 Å². The predicted octanol–water partition coefficient (Wildman–Crippen LogP) is 4.31. The van der Waals surface area contributed by atoms with Gasteiger partial charge in [-0.25, -0.2) is 0 Å². The van der Waals surface area contributed by atoms with Crippen molar-refractivity contribution in [2.75, 3.05) is 21.3 Å². The van der Waals surface area contributed by atoms with Crippen molar-refractivity contribution < 1.29 is 23.8 Å². The molecule has 0 unspecified atom stereocenters. The van der Waals surface area contributed by atoms with E-state index in [1.54, 1.807) is 27.5 Å². The number of oxime groups is 1. The summed E-state index contributed by atoms with van der Waals surface area (Å²) in [7, 11) is 4.84. The molecule has 2 aromatic carbocycles. The smallest absolute Gasteiger partial charge is 0.256 e. The van der Waals surface area contributed by atoms with Gasteiger partial charge in [-0.3, -0.25) is 0 Å². The standard InChI is InChI=1S/C25H31NO5/c1-17-6-8-19(9-7-17)10-11-20-12-14-21(15-13-20)16-26-31-25-24(29-5)23(28-4)22(27-3)18(2)30-25/h6-16,18,22-25H,1-5H3/b11-10+,26-16+/t18-,22-,23+,24+,25-/m0/s1. The highest BCUT2D eigenvalue weighted by Crippen LogP contribution is 2.27. The van der Waals surface area contributed by atoms with Crippen molar-refractivity contribution in [2.45, 2.75) is 44.6 Å². The Morgan fingerprint density at radius 1 is 0.742 bits per heavy atom. The van der Waals surface area contributed by atoms with E-state index in [0.29, 0.717) is 0 Å². The minimum atomic E-state index is -0.690. The highest BCUT2D eigenvalue weighted by atomic mass is 16.8. The molecule has 1 aliphatic rings. The van der Waals surface area contributed by atoms with E-state index in [4.69, 9.17) is 23.8 Å². The van der Waals surface area contributed by atoms with E-state index < -0.39 is 12.4 Å². The fourth-order valence-electron chi connectivity index (χ4n) is 3.61. The predicted molar refractivity (Wildman–Crippen MR) is 122 cm³/mol. The third-order valence-electron chi connectivity index (χ3n) is 5.39. The van der Waals surface area contributed by atoms with Gasteiger partial charge < -0.3 is 23.8 Å². The third-order valence-corrected chi connectivity index (χ3v) is 5.39. The fraction of sp³-hybridized carbons (Fsp3) is 0.400. The Morgan fingerprint density at radius 2 is 1.26 bits per heavy atom. The Labute approximate surface area is 184 Å². The largest absolute Gasteiger partial charge is 0.376 e. The topological polar surface area (TPSA) is 58.5 Å². The lowest BCUT2D eigenvalue weighted by Crippen LogP contribution is -2.59. The summed E-state index contributed by atoms with van der Waals surface area (Å²) in [4.78, 5) is 5.60. The zero-order valence-corrected chi connectivity index (χ0v) is 18.7. The van der Waals surface area contributed by atoms with E-state index in [9.17, 15) is 0 Å². The molecule has 6 heteroatoms. The second kappa shape index (κ2) is 11.2. The first-order chi connectivity index (χ1) is 15.0. The van der Waals surface area contributed by atoms with Crippen molar-refractivity contribution in [1.82, 2.24) is 0 Å². The number of nitrogens with zero attached hydrogens (tertiary/aromatic N) is 1. The Morgan fingerprint density at radius 3 is 1.81 bits per heavy atom. The normalized spacial score (nSPS) is 26.5. The van der Waals surface area contributed by atoms with Crippen molar-refractivity contribution in [3.8, 4) is 0 Å². The summed E-state index contributed by atoms with van der Waals surface area (Å²) in [6.45, 7) is 4.00. The summed E-state index contributed by atoms with van der Waals surface area (Å²) in [5.41, 5.74) is 4.45. The molecule has 1 fully saturated rings. The van der Waals surface area contributed by atoms with E-state index in [1.165, 1.54) is 11.1 Å². The maximum absolute atomic E-state index is 5.89. The van der Waals surface area contributed by atoms with Crippen molar-refractivity contribution in [2.24, 2.45) is 5.16 Å². The van der Waals surface area contributed by atoms with Gasteiger partial charge in [0.2, 0.25) is 0 Å². The van der Waals surface area contributed by atoms with E-state index >= 15 is 0 Å². The molecule has 0 N–H and O–H groups in total. The van der Waals surface area contributed by atoms with Gasteiger partial charge in [0.25, 0.3) is 6.29 Å². The molecule has 6 nitrogen and oxygen atoms in total. The molecule has 0 spiro atoms. The monoisotopic (exact) mass is 425 g/mol. The minimum absolute atomic E-state index is 0.221. The first-order valence-corrected chi connectivity index (χ1v) is 10.3. The second-order valence-electron chi connectivity index (χ2n) is 7.56. The van der Waals surface area contributed by atoms with Crippen LogP contribution in [-0.4, -0.2) is 58.2 Å². The van der Waals surface area contributed by atoms with Crippen molar-refractivity contribution in [1.29, 1.82) is 0 Å². The number of benzene rings is 2. The summed E-state index contributed by atoms with van der Waals surface area (Å²) < 4.78 is 22.5. The number of hydrogen-bond acceptors (Lipinski definition) is 6. The lowest BCUT2D eigenvalue weighted by atomic mass is 9.99. The van der Waals surface area contributed by atoms with Crippen LogP contribution >= 0.6 is 0 Å². The summed E-state index contributed by atoms with van der Waals surface area (Å²) in [6, 6.07) is 16.5. The molecular weight excluding hydrogens is 394 g/mol. The fourth-order valence-corrected chi connectivity index (χ4v) is 3.61. The molecule has 2 aromatic rings. The Kier molecular flexibility index (Phi) is 8.37. The van der Waals surface area contributed by atoms with Crippen LogP contribution < -0.4 is 0 Å². The van der Waals surface area contributed by atoms with Crippen LogP contribution in [0.3, 0.4) is 0 Å². The maximum Gasteiger partial charge on any atom is 0.256 e. The van der Waals surface area contributed by atoms with Crippen LogP contribution in [0.5, 0.6) is 0 Å². The van der Waals surface area contributed by atoms with Crippen LogP contribution in [0.2, 0.25) is 0 Å². The van der Waals surface area contributed by atoms with Gasteiger partial charge in [-0.2, -0.15) is 0 Å². The highest BCUT2D eigenvalue weighted by Gasteiger charge is 2.46. The molecule has 0 aromatic heterocycles. The number of methoxy groups -OCH3 is 3. The van der Waals surface area contributed by atoms with Crippen LogP contribution in [0.25, 0.3) is 12.2 Å². The number of ether oxygens (including phenoxy) is 4. The Hall–Kier alpha value is -2.51. The van der Waals surface area contributed by atoms with Gasteiger partial charge in [0, 0.05) is 21.3 Å². The minimum Gasteiger partial charge on any atom is -0.376 e. The quantitative estimate of drug-likeness (QED) is 0.358. The molecule has 0 radical (unpaired) electrons. The van der Waals surface area contributed by atoms with E-state index in [2.05, 4.69) is 48.5 Å². The highest BCUT2D eigenvalue weighted by molar-refractivity contribution is 5.80. The summed E-state index contributed by atoms with van der Waals surface area (Å²) in [5.74, 6) is 0. The molecule has 166 valence electrons. The molecular formula is C25H31NO5. The van der Waals surface area contributed by atoms with Crippen LogP contribution in [0, 0.1) is 6.92 Å². The van der Waals surface area contributed by atoms with Crippen molar-refractivity contribution in [3.05, 3.63) is 70.8 Å². The number of hydrogen-bond donors (Lipinski definition) is 0. The van der Waals surface area contributed by atoms with Crippen molar-refractivity contribution in [3.63, 3.8) is 0 Å². The molecule has 0 saturated carbocycles. The zero-order valence-electron chi connectivity index (χ0n) is 18.7. The van der Waals surface area contributed by atoms with Gasteiger partial charge in [0.05, 0.1) is 12.3 Å². The molecule has 1 aliphatic heterocycles. The van der Waals surface area contributed by atoms with Crippen molar-refractivity contribution >= 4 is 18.4 Å². The molecule has 0 bridgehead atoms. The third kappa shape index (κ3) is 6.02. The number of rotatable bonds is 8.